The topological polar surface area (TPSA) is 8.17 Å². The summed E-state index contributed by atoms with van der Waals surface area (Å²) in [4.78, 5) is 2.47. The van der Waals surface area contributed by atoms with E-state index >= 15 is 0 Å². The summed E-state index contributed by atoms with van der Waals surface area (Å²) in [5, 5.41) is 7.71. The molecule has 8 aromatic carbocycles. The Bertz CT molecular complexity index is 2840. The van der Waals surface area contributed by atoms with Crippen molar-refractivity contribution in [1.82, 2.24) is 4.57 Å². The van der Waals surface area contributed by atoms with E-state index in [1.807, 2.05) is 0 Å². The van der Waals surface area contributed by atoms with Gasteiger partial charge in [0.1, 0.15) is 0 Å². The molecule has 49 heavy (non-hydrogen) atoms. The summed E-state index contributed by atoms with van der Waals surface area (Å²) in [7, 11) is 0. The van der Waals surface area contributed by atoms with Crippen molar-refractivity contribution < 1.29 is 0 Å². The molecule has 0 spiro atoms. The van der Waals surface area contributed by atoms with Gasteiger partial charge in [0.05, 0.1) is 0 Å². The number of hydrogen-bond donors (Lipinski definition) is 0. The molecule has 0 aliphatic carbocycles. The Morgan fingerprint density at radius 3 is 1.94 bits per heavy atom. The van der Waals surface area contributed by atoms with E-state index in [-0.39, 0.29) is 0 Å². The molecule has 2 heterocycles. The molecule has 0 saturated carbocycles. The van der Waals surface area contributed by atoms with Gasteiger partial charge in [-0.3, -0.25) is 0 Å². The van der Waals surface area contributed by atoms with Gasteiger partial charge in [-0.15, -0.1) is 0 Å². The Morgan fingerprint density at radius 2 is 1.02 bits per heavy atom. The van der Waals surface area contributed by atoms with E-state index in [2.05, 4.69) is 191 Å². The van der Waals surface area contributed by atoms with Crippen LogP contribution in [0.2, 0.25) is 0 Å². The van der Waals surface area contributed by atoms with Crippen molar-refractivity contribution in [3.63, 3.8) is 0 Å². The molecular weight excluding hydrogens is 659 g/mol. The molecule has 2 nitrogen and oxygen atoms in total. The van der Waals surface area contributed by atoms with Crippen LogP contribution in [0.5, 0.6) is 0 Å². The Labute approximate surface area is 290 Å². The van der Waals surface area contributed by atoms with Gasteiger partial charge in [0.2, 0.25) is 0 Å². The summed E-state index contributed by atoms with van der Waals surface area (Å²) in [6.07, 6.45) is 0. The number of rotatable bonds is 5. The van der Waals surface area contributed by atoms with Crippen molar-refractivity contribution in [2.24, 2.45) is 0 Å². The molecule has 10 rings (SSSR count). The number of benzene rings is 8. The normalized spacial score (nSPS) is 11.7. The zero-order valence-electron chi connectivity index (χ0n) is 26.6. The van der Waals surface area contributed by atoms with Crippen LogP contribution in [-0.2, 0) is 0 Å². The molecule has 2 aromatic heterocycles. The van der Waals surface area contributed by atoms with Gasteiger partial charge in [-0.25, -0.2) is 0 Å². The van der Waals surface area contributed by atoms with Gasteiger partial charge < -0.3 is 0 Å². The van der Waals surface area contributed by atoms with Crippen LogP contribution < -0.4 is 4.90 Å². The number of fused-ring (bicyclic) bond motifs is 7. The van der Waals surface area contributed by atoms with Crippen LogP contribution in [0, 0.1) is 0 Å². The van der Waals surface area contributed by atoms with E-state index in [1.165, 1.54) is 63.0 Å². The van der Waals surface area contributed by atoms with Crippen LogP contribution in [0.15, 0.2) is 182 Å². The van der Waals surface area contributed by atoms with Gasteiger partial charge in [0.25, 0.3) is 0 Å². The van der Waals surface area contributed by atoms with Crippen molar-refractivity contribution >= 4 is 83.4 Å². The van der Waals surface area contributed by atoms with Gasteiger partial charge in [0, 0.05) is 0 Å². The fourth-order valence-corrected chi connectivity index (χ4v) is 9.87. The fourth-order valence-electron chi connectivity index (χ4n) is 7.59. The first-order valence-electron chi connectivity index (χ1n) is 16.7. The van der Waals surface area contributed by atoms with Crippen molar-refractivity contribution in [3.05, 3.63) is 182 Å². The minimum absolute atomic E-state index is 0.311. The molecule has 0 aliphatic heterocycles. The number of nitrogens with zero attached hydrogens (tertiary/aromatic N) is 2. The van der Waals surface area contributed by atoms with E-state index in [1.54, 1.807) is 0 Å². The van der Waals surface area contributed by atoms with Crippen LogP contribution >= 0.6 is 0 Å². The molecule has 230 valence electrons. The molecule has 0 fully saturated rings. The SMILES string of the molecule is c1ccc(-n2c3ccccc3c3ccc(N(c4ccc5[se]c6ccccc6c5c4)c4ccccc4-c4cccc5ccccc45)cc32)cc1. The Morgan fingerprint density at radius 1 is 0.388 bits per heavy atom. The molecule has 0 bridgehead atoms. The second kappa shape index (κ2) is 11.4. The molecule has 10 aromatic rings. The number of anilines is 3. The van der Waals surface area contributed by atoms with Crippen molar-refractivity contribution in [2.45, 2.75) is 0 Å². The quantitative estimate of drug-likeness (QED) is 0.163. The first-order valence-corrected chi connectivity index (χ1v) is 18.4. The van der Waals surface area contributed by atoms with E-state index in [0.29, 0.717) is 14.5 Å². The molecule has 0 aliphatic rings. The summed E-state index contributed by atoms with van der Waals surface area (Å²) in [6, 6.07) is 66.7. The second-order valence-corrected chi connectivity index (χ2v) is 14.8. The Balaban J connectivity index is 1.28. The molecule has 0 unspecified atom stereocenters. The average Bonchev–Trinajstić information content (AvgIpc) is 3.70. The van der Waals surface area contributed by atoms with Crippen LogP contribution in [0.3, 0.4) is 0 Å². The zero-order valence-corrected chi connectivity index (χ0v) is 28.3. The molecule has 0 amide bonds. The van der Waals surface area contributed by atoms with Crippen molar-refractivity contribution in [2.75, 3.05) is 4.90 Å². The van der Waals surface area contributed by atoms with E-state index in [4.69, 9.17) is 0 Å². The summed E-state index contributed by atoms with van der Waals surface area (Å²) < 4.78 is 5.31. The third-order valence-electron chi connectivity index (χ3n) is 9.77. The zero-order chi connectivity index (χ0) is 32.3. The van der Waals surface area contributed by atoms with Crippen LogP contribution in [0.1, 0.15) is 0 Å². The Hall–Kier alpha value is -5.86. The predicted octanol–water partition coefficient (Wildman–Crippen LogP) is 12.4. The average molecular weight is 690 g/mol. The van der Waals surface area contributed by atoms with Crippen LogP contribution in [0.25, 0.3) is 68.7 Å². The van der Waals surface area contributed by atoms with Crippen LogP contribution in [-0.4, -0.2) is 19.1 Å². The summed E-state index contributed by atoms with van der Waals surface area (Å²) in [6.45, 7) is 0. The molecule has 0 radical (unpaired) electrons. The molecule has 3 heteroatoms. The third kappa shape index (κ3) is 4.55. The van der Waals surface area contributed by atoms with E-state index in [9.17, 15) is 0 Å². The monoisotopic (exact) mass is 690 g/mol. The molecule has 0 atom stereocenters. The number of para-hydroxylation sites is 3. The third-order valence-corrected chi connectivity index (χ3v) is 12.2. The van der Waals surface area contributed by atoms with Gasteiger partial charge in [-0.1, -0.05) is 6.07 Å². The summed E-state index contributed by atoms with van der Waals surface area (Å²) in [5.74, 6) is 0. The predicted molar refractivity (Wildman–Crippen MR) is 210 cm³/mol. The fraction of sp³-hybridized carbons (Fsp3) is 0. The maximum atomic E-state index is 2.47. The first-order chi connectivity index (χ1) is 24.3. The number of hydrogen-bond acceptors (Lipinski definition) is 1. The van der Waals surface area contributed by atoms with E-state index < -0.39 is 0 Å². The van der Waals surface area contributed by atoms with Crippen molar-refractivity contribution in [1.29, 1.82) is 0 Å². The molecule has 0 saturated heterocycles. The van der Waals surface area contributed by atoms with Gasteiger partial charge in [-0.2, -0.15) is 0 Å². The van der Waals surface area contributed by atoms with Gasteiger partial charge >= 0.3 is 286 Å². The second-order valence-electron chi connectivity index (χ2n) is 12.5. The minimum atomic E-state index is 0.311. The molecular formula is C46H30N2Se. The van der Waals surface area contributed by atoms with E-state index in [0.717, 1.165) is 22.7 Å². The Kier molecular flexibility index (Phi) is 6.55. The number of aromatic nitrogens is 1. The van der Waals surface area contributed by atoms with Gasteiger partial charge in [-0.05, 0) is 0 Å². The standard InChI is InChI=1S/C46H30N2Se/c1-2-15-32(16-3-1)48-43-23-10-7-19-38(43)39-27-25-34(30-44(39)48)47(33-26-28-46-41(29-33)40-20-8-11-24-45(40)49-46)42-22-9-6-18-37(42)36-21-12-14-31-13-4-5-17-35(31)36/h1-30H. The van der Waals surface area contributed by atoms with Crippen molar-refractivity contribution in [3.8, 4) is 16.8 Å². The first kappa shape index (κ1) is 28.2. The molecule has 0 N–H and O–H groups in total. The van der Waals surface area contributed by atoms with Gasteiger partial charge in [0.15, 0.2) is 0 Å². The van der Waals surface area contributed by atoms with Crippen LogP contribution in [0.4, 0.5) is 17.1 Å². The maximum absolute atomic E-state index is 2.47. The summed E-state index contributed by atoms with van der Waals surface area (Å²) >= 11 is 0.311. The summed E-state index contributed by atoms with van der Waals surface area (Å²) in [5.41, 5.74) is 9.41.